The first-order chi connectivity index (χ1) is 14.9. The number of aromatic carboxylic acids is 1. The Morgan fingerprint density at radius 2 is 1.87 bits per heavy atom. The molecule has 0 atom stereocenters. The fourth-order valence-electron chi connectivity index (χ4n) is 2.93. The zero-order valence-electron chi connectivity index (χ0n) is 16.9. The molecule has 0 radical (unpaired) electrons. The van der Waals surface area contributed by atoms with Gasteiger partial charge in [0, 0.05) is 5.69 Å². The first-order valence-corrected chi connectivity index (χ1v) is 9.73. The number of carbonyl (C=O) groups excluding carboxylic acids is 2. The normalized spacial score (nSPS) is 10.6. The largest absolute Gasteiger partial charge is 0.475 e. The number of imidazole rings is 1. The minimum atomic E-state index is -1.19. The van der Waals surface area contributed by atoms with E-state index in [9.17, 15) is 14.4 Å². The number of anilines is 2. The van der Waals surface area contributed by atoms with Crippen LogP contribution in [0.25, 0.3) is 0 Å². The van der Waals surface area contributed by atoms with Crippen LogP contribution in [0.2, 0.25) is 0 Å². The predicted molar refractivity (Wildman–Crippen MR) is 113 cm³/mol. The van der Waals surface area contributed by atoms with E-state index in [-0.39, 0.29) is 29.5 Å². The third-order valence-corrected chi connectivity index (χ3v) is 4.48. The van der Waals surface area contributed by atoms with E-state index in [1.807, 2.05) is 12.1 Å². The summed E-state index contributed by atoms with van der Waals surface area (Å²) in [5.41, 5.74) is 7.06. The summed E-state index contributed by atoms with van der Waals surface area (Å²) in [6, 6.07) is 9.70. The maximum atomic E-state index is 12.3. The van der Waals surface area contributed by atoms with Crippen molar-refractivity contribution in [2.75, 3.05) is 10.6 Å². The molecule has 10 heteroatoms. The summed E-state index contributed by atoms with van der Waals surface area (Å²) in [7, 11) is 0. The van der Waals surface area contributed by atoms with Crippen molar-refractivity contribution in [3.05, 3.63) is 65.0 Å². The number of aryl methyl sites for hydroxylation is 1. The molecule has 0 saturated carbocycles. The SMILES string of the molecule is CCCCc1ccc(NC(=O)Nc2nc(Cc3ccc(C(=O)O)o3)[nH]c2C(N)=O)cc1. The quantitative estimate of drug-likeness (QED) is 0.353. The number of benzene rings is 1. The van der Waals surface area contributed by atoms with Crippen LogP contribution in [0.5, 0.6) is 0 Å². The van der Waals surface area contributed by atoms with Crippen LogP contribution in [-0.2, 0) is 12.8 Å². The number of hydrogen-bond donors (Lipinski definition) is 5. The molecule has 3 amide bonds. The monoisotopic (exact) mass is 425 g/mol. The van der Waals surface area contributed by atoms with Crippen LogP contribution in [0, 0.1) is 0 Å². The summed E-state index contributed by atoms with van der Waals surface area (Å²) in [6.07, 6.45) is 3.26. The number of urea groups is 1. The van der Waals surface area contributed by atoms with Crippen molar-refractivity contribution in [1.29, 1.82) is 0 Å². The Morgan fingerprint density at radius 1 is 1.13 bits per heavy atom. The molecule has 0 unspecified atom stereocenters. The van der Waals surface area contributed by atoms with Gasteiger partial charge in [0.1, 0.15) is 17.3 Å². The Morgan fingerprint density at radius 3 is 2.48 bits per heavy atom. The van der Waals surface area contributed by atoms with Gasteiger partial charge in [-0.1, -0.05) is 25.5 Å². The molecule has 0 saturated heterocycles. The number of H-pyrrole nitrogens is 1. The number of amides is 3. The molecule has 0 aliphatic carbocycles. The second kappa shape index (κ2) is 9.61. The zero-order valence-corrected chi connectivity index (χ0v) is 16.9. The second-order valence-corrected chi connectivity index (χ2v) is 6.90. The number of carboxylic acid groups (broad SMARTS) is 1. The number of unbranched alkanes of at least 4 members (excludes halogenated alkanes) is 1. The number of rotatable bonds is 9. The lowest BCUT2D eigenvalue weighted by Gasteiger charge is -2.07. The van der Waals surface area contributed by atoms with E-state index in [2.05, 4.69) is 27.5 Å². The van der Waals surface area contributed by atoms with Gasteiger partial charge in [0.15, 0.2) is 5.82 Å². The summed E-state index contributed by atoms with van der Waals surface area (Å²) in [6.45, 7) is 2.13. The summed E-state index contributed by atoms with van der Waals surface area (Å²) in [5, 5.41) is 14.1. The molecule has 2 heterocycles. The number of carbonyl (C=O) groups is 3. The minimum Gasteiger partial charge on any atom is -0.475 e. The van der Waals surface area contributed by atoms with Gasteiger partial charge >= 0.3 is 12.0 Å². The first kappa shape index (κ1) is 21.6. The highest BCUT2D eigenvalue weighted by Gasteiger charge is 2.19. The smallest absolute Gasteiger partial charge is 0.371 e. The average Bonchev–Trinajstić information content (AvgIpc) is 3.35. The highest BCUT2D eigenvalue weighted by atomic mass is 16.4. The number of nitrogens with zero attached hydrogens (tertiary/aromatic N) is 1. The van der Waals surface area contributed by atoms with Crippen molar-refractivity contribution in [1.82, 2.24) is 9.97 Å². The lowest BCUT2D eigenvalue weighted by Crippen LogP contribution is -2.22. The summed E-state index contributed by atoms with van der Waals surface area (Å²) in [4.78, 5) is 41.9. The highest BCUT2D eigenvalue weighted by Crippen LogP contribution is 2.18. The molecule has 1 aromatic carbocycles. The van der Waals surface area contributed by atoms with Gasteiger partial charge in [-0.3, -0.25) is 10.1 Å². The molecule has 0 bridgehead atoms. The molecule has 3 aromatic rings. The van der Waals surface area contributed by atoms with Crippen molar-refractivity contribution in [3.63, 3.8) is 0 Å². The van der Waals surface area contributed by atoms with Crippen molar-refractivity contribution in [2.45, 2.75) is 32.6 Å². The van der Waals surface area contributed by atoms with E-state index in [0.717, 1.165) is 19.3 Å². The van der Waals surface area contributed by atoms with Crippen LogP contribution in [0.3, 0.4) is 0 Å². The van der Waals surface area contributed by atoms with Gasteiger partial charge in [-0.2, -0.15) is 0 Å². The van der Waals surface area contributed by atoms with Gasteiger partial charge in [-0.15, -0.1) is 0 Å². The molecule has 162 valence electrons. The van der Waals surface area contributed by atoms with Crippen molar-refractivity contribution >= 4 is 29.4 Å². The van der Waals surface area contributed by atoms with Crippen molar-refractivity contribution in [3.8, 4) is 0 Å². The Labute approximate surface area is 177 Å². The predicted octanol–water partition coefficient (Wildman–Crippen LogP) is 3.38. The molecule has 0 fully saturated rings. The first-order valence-electron chi connectivity index (χ1n) is 9.73. The van der Waals surface area contributed by atoms with Crippen molar-refractivity contribution < 1.29 is 23.9 Å². The van der Waals surface area contributed by atoms with E-state index >= 15 is 0 Å². The number of nitrogens with one attached hydrogen (secondary N) is 3. The zero-order chi connectivity index (χ0) is 22.4. The van der Waals surface area contributed by atoms with Gasteiger partial charge in [0.05, 0.1) is 6.42 Å². The third-order valence-electron chi connectivity index (χ3n) is 4.48. The van der Waals surface area contributed by atoms with Gasteiger partial charge in [0.2, 0.25) is 5.76 Å². The van der Waals surface area contributed by atoms with E-state index in [1.165, 1.54) is 17.7 Å². The molecule has 0 aliphatic rings. The topological polar surface area (TPSA) is 163 Å². The van der Waals surface area contributed by atoms with Crippen LogP contribution in [-0.4, -0.2) is 33.0 Å². The standard InChI is InChI=1S/C21H23N5O5/c1-2-3-4-12-5-7-13(8-6-12)23-21(30)26-19-17(18(22)27)24-16(25-19)11-14-9-10-15(31-14)20(28)29/h5-10H,2-4,11H2,1H3,(H2,22,27)(H,24,25)(H,28,29)(H2,23,26,30). The number of nitrogens with two attached hydrogens (primary N) is 1. The van der Waals surface area contributed by atoms with Gasteiger partial charge in [-0.05, 0) is 42.7 Å². The summed E-state index contributed by atoms with van der Waals surface area (Å²) >= 11 is 0. The summed E-state index contributed by atoms with van der Waals surface area (Å²) < 4.78 is 5.18. The summed E-state index contributed by atoms with van der Waals surface area (Å²) in [5.74, 6) is -1.65. The van der Waals surface area contributed by atoms with Crippen molar-refractivity contribution in [2.24, 2.45) is 5.73 Å². The van der Waals surface area contributed by atoms with Crippen LogP contribution in [0.1, 0.15) is 58.0 Å². The van der Waals surface area contributed by atoms with Crippen LogP contribution in [0.4, 0.5) is 16.3 Å². The molecule has 31 heavy (non-hydrogen) atoms. The maximum Gasteiger partial charge on any atom is 0.371 e. The number of aromatic nitrogens is 2. The van der Waals surface area contributed by atoms with E-state index in [0.29, 0.717) is 11.4 Å². The number of aromatic amines is 1. The number of hydrogen-bond acceptors (Lipinski definition) is 5. The van der Waals surface area contributed by atoms with E-state index < -0.39 is 17.9 Å². The highest BCUT2D eigenvalue weighted by molar-refractivity contribution is 6.04. The molecular formula is C21H23N5O5. The molecule has 0 spiro atoms. The second-order valence-electron chi connectivity index (χ2n) is 6.90. The molecule has 10 nitrogen and oxygen atoms in total. The van der Waals surface area contributed by atoms with Crippen LogP contribution >= 0.6 is 0 Å². The number of carboxylic acids is 1. The molecule has 6 N–H and O–H groups in total. The van der Waals surface area contributed by atoms with Gasteiger partial charge < -0.3 is 25.6 Å². The Kier molecular flexibility index (Phi) is 6.71. The molecule has 0 aliphatic heterocycles. The number of furan rings is 1. The van der Waals surface area contributed by atoms with Crippen LogP contribution < -0.4 is 16.4 Å². The fourth-order valence-corrected chi connectivity index (χ4v) is 2.93. The Hall–Kier alpha value is -4.08. The molecular weight excluding hydrogens is 402 g/mol. The minimum absolute atomic E-state index is 0.0374. The van der Waals surface area contributed by atoms with Crippen LogP contribution in [0.15, 0.2) is 40.8 Å². The van der Waals surface area contributed by atoms with Gasteiger partial charge in [0.25, 0.3) is 5.91 Å². The maximum absolute atomic E-state index is 12.3. The third kappa shape index (κ3) is 5.72. The lowest BCUT2D eigenvalue weighted by molar-refractivity contribution is 0.0660. The molecule has 2 aromatic heterocycles. The van der Waals surface area contributed by atoms with Gasteiger partial charge in [-0.25, -0.2) is 14.6 Å². The molecule has 3 rings (SSSR count). The van der Waals surface area contributed by atoms with E-state index in [1.54, 1.807) is 12.1 Å². The Bertz CT molecular complexity index is 1080. The fraction of sp³-hybridized carbons (Fsp3) is 0.238. The average molecular weight is 425 g/mol. The lowest BCUT2D eigenvalue weighted by atomic mass is 10.1. The number of primary amides is 1. The van der Waals surface area contributed by atoms with E-state index in [4.69, 9.17) is 15.3 Å². The Balaban J connectivity index is 1.67.